The second-order valence-electron chi connectivity index (χ2n) is 11.2. The first-order valence-electron chi connectivity index (χ1n) is 14.0. The Labute approximate surface area is 241 Å². The molecule has 0 bridgehead atoms. The molecule has 0 aliphatic carbocycles. The minimum atomic E-state index is -0.252. The molecule has 3 fully saturated rings. The summed E-state index contributed by atoms with van der Waals surface area (Å²) in [6.07, 6.45) is 4.32. The SMILES string of the molecule is C[C@@H]1[C@@H](c2ccccc2)N(C(=O)CN2CCC(CN3CCC(Oc4ccc(Cl)c(Cl)c4)CC3)CC2)C(=O)N1C. The van der Waals surface area contributed by atoms with Crippen molar-refractivity contribution in [1.82, 2.24) is 19.6 Å². The first kappa shape index (κ1) is 28.2. The number of nitrogens with zero attached hydrogens (tertiary/aromatic N) is 4. The van der Waals surface area contributed by atoms with Crippen LogP contribution in [0.25, 0.3) is 0 Å². The molecule has 0 spiro atoms. The number of likely N-dealkylation sites (N-methyl/N-ethyl adjacent to an activating group) is 1. The molecule has 3 saturated heterocycles. The topological polar surface area (TPSA) is 56.3 Å². The maximum atomic E-state index is 13.4. The van der Waals surface area contributed by atoms with E-state index in [0.717, 1.165) is 69.7 Å². The van der Waals surface area contributed by atoms with Gasteiger partial charge in [0.1, 0.15) is 11.9 Å². The summed E-state index contributed by atoms with van der Waals surface area (Å²) in [5.74, 6) is 1.30. The molecule has 5 rings (SSSR count). The largest absolute Gasteiger partial charge is 0.490 e. The first-order chi connectivity index (χ1) is 18.8. The fourth-order valence-corrected chi connectivity index (χ4v) is 6.43. The quantitative estimate of drug-likeness (QED) is 0.434. The van der Waals surface area contributed by atoms with Crippen molar-refractivity contribution in [2.24, 2.45) is 5.92 Å². The van der Waals surface area contributed by atoms with Crippen LogP contribution in [-0.2, 0) is 4.79 Å². The van der Waals surface area contributed by atoms with E-state index >= 15 is 0 Å². The van der Waals surface area contributed by atoms with E-state index in [4.69, 9.17) is 27.9 Å². The van der Waals surface area contributed by atoms with Gasteiger partial charge in [0, 0.05) is 32.7 Å². The van der Waals surface area contributed by atoms with Crippen molar-refractivity contribution < 1.29 is 14.3 Å². The van der Waals surface area contributed by atoms with Crippen LogP contribution in [0.15, 0.2) is 48.5 Å². The molecule has 3 aliphatic heterocycles. The molecule has 210 valence electrons. The number of hydrogen-bond acceptors (Lipinski definition) is 5. The van der Waals surface area contributed by atoms with Gasteiger partial charge in [-0.25, -0.2) is 4.79 Å². The number of urea groups is 1. The fourth-order valence-electron chi connectivity index (χ4n) is 6.14. The molecule has 3 heterocycles. The van der Waals surface area contributed by atoms with E-state index in [9.17, 15) is 9.59 Å². The number of imide groups is 1. The van der Waals surface area contributed by atoms with Crippen LogP contribution in [0.1, 0.15) is 44.2 Å². The van der Waals surface area contributed by atoms with Crippen LogP contribution in [0, 0.1) is 5.92 Å². The smallest absolute Gasteiger partial charge is 0.327 e. The number of amides is 3. The second kappa shape index (κ2) is 12.5. The minimum Gasteiger partial charge on any atom is -0.490 e. The molecule has 0 N–H and O–H groups in total. The van der Waals surface area contributed by atoms with E-state index in [1.807, 2.05) is 43.3 Å². The van der Waals surface area contributed by atoms with Gasteiger partial charge in [-0.1, -0.05) is 53.5 Å². The van der Waals surface area contributed by atoms with E-state index in [-0.39, 0.29) is 30.1 Å². The average molecular weight is 574 g/mol. The summed E-state index contributed by atoms with van der Waals surface area (Å²) >= 11 is 12.1. The summed E-state index contributed by atoms with van der Waals surface area (Å²) in [6, 6.07) is 14.8. The Morgan fingerprint density at radius 1 is 0.923 bits per heavy atom. The number of rotatable bonds is 7. The molecule has 3 amide bonds. The van der Waals surface area contributed by atoms with Crippen LogP contribution >= 0.6 is 23.2 Å². The van der Waals surface area contributed by atoms with Gasteiger partial charge in [-0.05, 0) is 69.3 Å². The predicted molar refractivity (Wildman–Crippen MR) is 154 cm³/mol. The van der Waals surface area contributed by atoms with Gasteiger partial charge < -0.3 is 14.5 Å². The van der Waals surface area contributed by atoms with Crippen LogP contribution in [0.5, 0.6) is 5.75 Å². The molecule has 7 nitrogen and oxygen atoms in total. The molecular formula is C30H38Cl2N4O3. The molecule has 0 radical (unpaired) electrons. The Morgan fingerprint density at radius 3 is 2.26 bits per heavy atom. The summed E-state index contributed by atoms with van der Waals surface area (Å²) in [6.45, 7) is 7.21. The van der Waals surface area contributed by atoms with E-state index in [1.54, 1.807) is 24.1 Å². The normalized spacial score (nSPS) is 23.9. The number of benzene rings is 2. The van der Waals surface area contributed by atoms with Crippen LogP contribution in [-0.4, -0.2) is 90.0 Å². The maximum Gasteiger partial charge on any atom is 0.327 e. The van der Waals surface area contributed by atoms with Gasteiger partial charge in [0.05, 0.1) is 28.7 Å². The molecule has 3 aliphatic rings. The van der Waals surface area contributed by atoms with Crippen LogP contribution in [0.2, 0.25) is 10.0 Å². The van der Waals surface area contributed by atoms with E-state index < -0.39 is 0 Å². The van der Waals surface area contributed by atoms with Gasteiger partial charge in [0.2, 0.25) is 5.91 Å². The zero-order valence-electron chi connectivity index (χ0n) is 22.8. The molecule has 2 aromatic rings. The molecule has 2 aromatic carbocycles. The molecule has 9 heteroatoms. The summed E-state index contributed by atoms with van der Waals surface area (Å²) in [4.78, 5) is 34.3. The number of hydrogen-bond donors (Lipinski definition) is 0. The lowest BCUT2D eigenvalue weighted by Gasteiger charge is -2.38. The number of halogens is 2. The van der Waals surface area contributed by atoms with E-state index in [1.165, 1.54) is 4.90 Å². The lowest BCUT2D eigenvalue weighted by molar-refractivity contribution is -0.131. The zero-order valence-corrected chi connectivity index (χ0v) is 24.3. The average Bonchev–Trinajstić information content (AvgIpc) is 3.17. The van der Waals surface area contributed by atoms with Crippen LogP contribution in [0.3, 0.4) is 0 Å². The first-order valence-corrected chi connectivity index (χ1v) is 14.8. The third kappa shape index (κ3) is 6.54. The summed E-state index contributed by atoms with van der Waals surface area (Å²) in [5.41, 5.74) is 1.00. The fraction of sp³-hybridized carbons (Fsp3) is 0.533. The molecule has 2 atom stereocenters. The number of carbonyl (C=O) groups excluding carboxylic acids is 2. The molecule has 39 heavy (non-hydrogen) atoms. The highest BCUT2D eigenvalue weighted by Gasteiger charge is 2.45. The van der Waals surface area contributed by atoms with Gasteiger partial charge in [-0.15, -0.1) is 0 Å². The number of likely N-dealkylation sites (tertiary alicyclic amines) is 2. The molecular weight excluding hydrogens is 535 g/mol. The van der Waals surface area contributed by atoms with Crippen LogP contribution < -0.4 is 4.74 Å². The Hall–Kier alpha value is -2.32. The lowest BCUT2D eigenvalue weighted by Crippen LogP contribution is -2.47. The van der Waals surface area contributed by atoms with Gasteiger partial charge in [0.15, 0.2) is 0 Å². The molecule has 0 aromatic heterocycles. The number of carbonyl (C=O) groups is 2. The van der Waals surface area contributed by atoms with Gasteiger partial charge in [-0.2, -0.15) is 0 Å². The highest BCUT2D eigenvalue weighted by molar-refractivity contribution is 6.42. The third-order valence-corrected chi connectivity index (χ3v) is 9.31. The van der Waals surface area contributed by atoms with Crippen molar-refractivity contribution in [3.63, 3.8) is 0 Å². The van der Waals surface area contributed by atoms with Crippen LogP contribution in [0.4, 0.5) is 4.79 Å². The van der Waals surface area contributed by atoms with Crippen molar-refractivity contribution in [1.29, 1.82) is 0 Å². The highest BCUT2D eigenvalue weighted by Crippen LogP contribution is 2.35. The zero-order chi connectivity index (χ0) is 27.5. The van der Waals surface area contributed by atoms with Crippen molar-refractivity contribution in [3.05, 3.63) is 64.1 Å². The Balaban J connectivity index is 1.07. The summed E-state index contributed by atoms with van der Waals surface area (Å²) in [7, 11) is 1.78. The summed E-state index contributed by atoms with van der Waals surface area (Å²) < 4.78 is 6.14. The van der Waals surface area contributed by atoms with E-state index in [0.29, 0.717) is 22.5 Å². The van der Waals surface area contributed by atoms with Crippen molar-refractivity contribution in [3.8, 4) is 5.75 Å². The third-order valence-electron chi connectivity index (χ3n) is 8.57. The Kier molecular flexibility index (Phi) is 9.02. The van der Waals surface area contributed by atoms with Gasteiger partial charge >= 0.3 is 6.03 Å². The Morgan fingerprint density at radius 2 is 1.59 bits per heavy atom. The number of piperidine rings is 2. The van der Waals surface area contributed by atoms with Crippen molar-refractivity contribution in [2.45, 2.75) is 50.8 Å². The molecule has 0 saturated carbocycles. The van der Waals surface area contributed by atoms with E-state index in [2.05, 4.69) is 9.80 Å². The number of ether oxygens (including phenoxy) is 1. The van der Waals surface area contributed by atoms with Crippen molar-refractivity contribution >= 4 is 35.1 Å². The highest BCUT2D eigenvalue weighted by atomic mass is 35.5. The minimum absolute atomic E-state index is 0.0619. The molecule has 0 unspecified atom stereocenters. The second-order valence-corrected chi connectivity index (χ2v) is 12.0. The van der Waals surface area contributed by atoms with Gasteiger partial charge in [0.25, 0.3) is 0 Å². The monoisotopic (exact) mass is 572 g/mol. The standard InChI is InChI=1S/C30H38Cl2N4O3/c1-21-29(23-6-4-3-5-7-23)36(30(38)33(21)2)28(37)20-35-14-10-22(11-15-35)19-34-16-12-24(13-17-34)39-25-8-9-26(31)27(32)18-25/h3-9,18,21-22,24,29H,10-17,19-20H2,1-2H3/t21-,29+/m1/s1. The lowest BCUT2D eigenvalue weighted by atomic mass is 9.95. The predicted octanol–water partition coefficient (Wildman–Crippen LogP) is 5.57. The maximum absolute atomic E-state index is 13.4. The van der Waals surface area contributed by atoms with Gasteiger partial charge in [-0.3, -0.25) is 14.6 Å². The Bertz CT molecular complexity index is 1150. The van der Waals surface area contributed by atoms with Crippen molar-refractivity contribution in [2.75, 3.05) is 46.3 Å². The summed E-state index contributed by atoms with van der Waals surface area (Å²) in [5, 5.41) is 1.06.